The first-order valence-corrected chi connectivity index (χ1v) is 7.66. The van der Waals surface area contributed by atoms with Crippen LogP contribution in [-0.2, 0) is 6.54 Å². The van der Waals surface area contributed by atoms with Crippen molar-refractivity contribution in [2.24, 2.45) is 0 Å². The minimum atomic E-state index is 0.652. The SMILES string of the molecule is C[N+](C)(CCOc1ccc(Cl)cc1)Cc1ccccc1Cl. The molecule has 0 aliphatic carbocycles. The average Bonchev–Trinajstić information content (AvgIpc) is 2.43. The number of likely N-dealkylation sites (N-methyl/N-ethyl adjacent to an activating group) is 1. The van der Waals surface area contributed by atoms with Gasteiger partial charge in [-0.1, -0.05) is 41.4 Å². The predicted molar refractivity (Wildman–Crippen MR) is 89.1 cm³/mol. The van der Waals surface area contributed by atoms with Crippen molar-refractivity contribution in [2.45, 2.75) is 6.54 Å². The van der Waals surface area contributed by atoms with E-state index >= 15 is 0 Å². The first-order chi connectivity index (χ1) is 9.96. The smallest absolute Gasteiger partial charge is 0.137 e. The molecule has 0 aliphatic heterocycles. The van der Waals surface area contributed by atoms with Crippen molar-refractivity contribution in [2.75, 3.05) is 27.2 Å². The van der Waals surface area contributed by atoms with Crippen molar-refractivity contribution >= 4 is 23.2 Å². The van der Waals surface area contributed by atoms with Crippen LogP contribution in [0.3, 0.4) is 0 Å². The summed E-state index contributed by atoms with van der Waals surface area (Å²) in [6.07, 6.45) is 0. The topological polar surface area (TPSA) is 9.23 Å². The maximum absolute atomic E-state index is 6.22. The van der Waals surface area contributed by atoms with Gasteiger partial charge >= 0.3 is 0 Å². The number of rotatable bonds is 6. The van der Waals surface area contributed by atoms with Crippen LogP contribution in [-0.4, -0.2) is 31.7 Å². The summed E-state index contributed by atoms with van der Waals surface area (Å²) in [6, 6.07) is 15.4. The molecule has 0 heterocycles. The van der Waals surface area contributed by atoms with Gasteiger partial charge in [0.05, 0.1) is 14.1 Å². The Kier molecular flexibility index (Phi) is 5.51. The van der Waals surface area contributed by atoms with Gasteiger partial charge < -0.3 is 9.22 Å². The first kappa shape index (κ1) is 16.2. The molecule has 0 saturated carbocycles. The fourth-order valence-corrected chi connectivity index (χ4v) is 2.43. The molecule has 0 spiro atoms. The highest BCUT2D eigenvalue weighted by Gasteiger charge is 2.17. The minimum absolute atomic E-state index is 0.652. The molecule has 21 heavy (non-hydrogen) atoms. The molecule has 0 amide bonds. The Labute approximate surface area is 136 Å². The normalized spacial score (nSPS) is 11.4. The Morgan fingerprint density at radius 2 is 1.62 bits per heavy atom. The monoisotopic (exact) mass is 324 g/mol. The highest BCUT2D eigenvalue weighted by Crippen LogP contribution is 2.19. The van der Waals surface area contributed by atoms with E-state index in [0.717, 1.165) is 38.9 Å². The molecule has 0 aliphatic rings. The Morgan fingerprint density at radius 3 is 2.29 bits per heavy atom. The van der Waals surface area contributed by atoms with Crippen molar-refractivity contribution in [1.29, 1.82) is 0 Å². The van der Waals surface area contributed by atoms with Gasteiger partial charge in [0.2, 0.25) is 0 Å². The molecule has 0 unspecified atom stereocenters. The number of hydrogen-bond donors (Lipinski definition) is 0. The Hall–Kier alpha value is -1.22. The maximum atomic E-state index is 6.22. The average molecular weight is 325 g/mol. The molecule has 0 atom stereocenters. The van der Waals surface area contributed by atoms with Crippen LogP contribution in [0, 0.1) is 0 Å². The summed E-state index contributed by atoms with van der Waals surface area (Å²) < 4.78 is 6.57. The number of hydrogen-bond acceptors (Lipinski definition) is 1. The lowest BCUT2D eigenvalue weighted by Crippen LogP contribution is -2.42. The van der Waals surface area contributed by atoms with E-state index in [9.17, 15) is 0 Å². The van der Waals surface area contributed by atoms with Crippen LogP contribution in [0.2, 0.25) is 10.0 Å². The lowest BCUT2D eigenvalue weighted by atomic mass is 10.2. The molecule has 0 saturated heterocycles. The van der Waals surface area contributed by atoms with Gasteiger partial charge in [-0.25, -0.2) is 0 Å². The van der Waals surface area contributed by atoms with E-state index in [0.29, 0.717) is 6.61 Å². The number of ether oxygens (including phenoxy) is 1. The van der Waals surface area contributed by atoms with E-state index < -0.39 is 0 Å². The van der Waals surface area contributed by atoms with E-state index in [1.54, 1.807) is 0 Å². The zero-order chi connectivity index (χ0) is 15.3. The summed E-state index contributed by atoms with van der Waals surface area (Å²) in [5, 5.41) is 1.54. The van der Waals surface area contributed by atoms with Crippen molar-refractivity contribution in [1.82, 2.24) is 0 Å². The van der Waals surface area contributed by atoms with Crippen LogP contribution < -0.4 is 4.74 Å². The molecular weight excluding hydrogens is 305 g/mol. The molecule has 0 aromatic heterocycles. The van der Waals surface area contributed by atoms with E-state index in [1.807, 2.05) is 42.5 Å². The molecular formula is C17H20Cl2NO+. The maximum Gasteiger partial charge on any atom is 0.137 e. The minimum Gasteiger partial charge on any atom is -0.488 e. The third kappa shape index (κ3) is 5.24. The van der Waals surface area contributed by atoms with Crippen molar-refractivity contribution in [3.05, 3.63) is 64.1 Å². The highest BCUT2D eigenvalue weighted by atomic mass is 35.5. The highest BCUT2D eigenvalue weighted by molar-refractivity contribution is 6.31. The summed E-state index contributed by atoms with van der Waals surface area (Å²) in [5.74, 6) is 0.845. The van der Waals surface area contributed by atoms with Gasteiger partial charge in [0.25, 0.3) is 0 Å². The third-order valence-corrected chi connectivity index (χ3v) is 3.96. The van der Waals surface area contributed by atoms with Crippen molar-refractivity contribution in [3.8, 4) is 5.75 Å². The van der Waals surface area contributed by atoms with Gasteiger partial charge in [0.1, 0.15) is 25.4 Å². The number of nitrogens with zero attached hydrogens (tertiary/aromatic N) is 1. The molecule has 2 aromatic carbocycles. The molecule has 2 aromatic rings. The lowest BCUT2D eigenvalue weighted by Gasteiger charge is -2.30. The van der Waals surface area contributed by atoms with E-state index in [2.05, 4.69) is 20.2 Å². The lowest BCUT2D eigenvalue weighted by molar-refractivity contribution is -0.903. The molecule has 0 N–H and O–H groups in total. The van der Waals surface area contributed by atoms with E-state index in [4.69, 9.17) is 27.9 Å². The van der Waals surface area contributed by atoms with Gasteiger partial charge in [0, 0.05) is 15.6 Å². The van der Waals surface area contributed by atoms with E-state index in [1.165, 1.54) is 0 Å². The molecule has 0 radical (unpaired) electrons. The quantitative estimate of drug-likeness (QED) is 0.703. The van der Waals surface area contributed by atoms with Crippen LogP contribution >= 0.6 is 23.2 Å². The van der Waals surface area contributed by atoms with Crippen LogP contribution in [0.25, 0.3) is 0 Å². The number of benzene rings is 2. The molecule has 2 rings (SSSR count). The van der Waals surface area contributed by atoms with Gasteiger partial charge in [0.15, 0.2) is 0 Å². The van der Waals surface area contributed by atoms with E-state index in [-0.39, 0.29) is 0 Å². The molecule has 0 bridgehead atoms. The summed E-state index contributed by atoms with van der Waals surface area (Å²) in [7, 11) is 4.35. The molecule has 0 fully saturated rings. The molecule has 2 nitrogen and oxygen atoms in total. The summed E-state index contributed by atoms with van der Waals surface area (Å²) >= 11 is 12.1. The molecule has 4 heteroatoms. The van der Waals surface area contributed by atoms with Crippen LogP contribution in [0.4, 0.5) is 0 Å². The first-order valence-electron chi connectivity index (χ1n) is 6.90. The fraction of sp³-hybridized carbons (Fsp3) is 0.294. The summed E-state index contributed by atoms with van der Waals surface area (Å²) in [4.78, 5) is 0. The van der Waals surface area contributed by atoms with Crippen LogP contribution in [0.15, 0.2) is 48.5 Å². The second-order valence-electron chi connectivity index (χ2n) is 5.71. The predicted octanol–water partition coefficient (Wildman–Crippen LogP) is 4.65. The zero-order valence-electron chi connectivity index (χ0n) is 12.4. The number of halogens is 2. The second kappa shape index (κ2) is 7.17. The summed E-state index contributed by atoms with van der Waals surface area (Å²) in [6.45, 7) is 2.43. The third-order valence-electron chi connectivity index (χ3n) is 3.34. The summed E-state index contributed by atoms with van der Waals surface area (Å²) in [5.41, 5.74) is 1.16. The van der Waals surface area contributed by atoms with Gasteiger partial charge in [-0.3, -0.25) is 0 Å². The Morgan fingerprint density at radius 1 is 0.952 bits per heavy atom. The Bertz CT molecular complexity index is 582. The Balaban J connectivity index is 1.86. The zero-order valence-corrected chi connectivity index (χ0v) is 13.9. The van der Waals surface area contributed by atoms with Crippen LogP contribution in [0.1, 0.15) is 5.56 Å². The van der Waals surface area contributed by atoms with Gasteiger partial charge in [-0.15, -0.1) is 0 Å². The van der Waals surface area contributed by atoms with Crippen LogP contribution in [0.5, 0.6) is 5.75 Å². The standard InChI is InChI=1S/C17H20Cl2NO/c1-20(2,13-14-5-3-4-6-17(14)19)11-12-21-16-9-7-15(18)8-10-16/h3-10H,11-13H2,1-2H3/q+1. The molecule has 112 valence electrons. The van der Waals surface area contributed by atoms with Crippen molar-refractivity contribution in [3.63, 3.8) is 0 Å². The second-order valence-corrected chi connectivity index (χ2v) is 6.55. The van der Waals surface area contributed by atoms with Gasteiger partial charge in [-0.2, -0.15) is 0 Å². The van der Waals surface area contributed by atoms with Gasteiger partial charge in [-0.05, 0) is 30.3 Å². The fourth-order valence-electron chi connectivity index (χ4n) is 2.11. The largest absolute Gasteiger partial charge is 0.488 e. The number of quaternary nitrogens is 1. The van der Waals surface area contributed by atoms with Crippen molar-refractivity contribution < 1.29 is 9.22 Å².